The minimum Gasteiger partial charge on any atom is -0.459 e. The summed E-state index contributed by atoms with van der Waals surface area (Å²) < 4.78 is 6.75. The van der Waals surface area contributed by atoms with Crippen LogP contribution in [0.4, 0.5) is 10.6 Å². The van der Waals surface area contributed by atoms with Gasteiger partial charge >= 0.3 is 12.0 Å². The highest BCUT2D eigenvalue weighted by molar-refractivity contribution is 5.76. The first-order valence-corrected chi connectivity index (χ1v) is 10.7. The van der Waals surface area contributed by atoms with Crippen LogP contribution in [0.3, 0.4) is 0 Å². The van der Waals surface area contributed by atoms with Crippen molar-refractivity contribution in [2.24, 2.45) is 0 Å². The zero-order valence-corrected chi connectivity index (χ0v) is 18.1. The van der Waals surface area contributed by atoms with Crippen molar-refractivity contribution >= 4 is 17.8 Å². The molecule has 9 nitrogen and oxygen atoms in total. The number of carbonyl (C=O) groups excluding carboxylic acids is 2. The zero-order valence-electron chi connectivity index (χ0n) is 18.1. The molecule has 9 heteroatoms. The van der Waals surface area contributed by atoms with Crippen molar-refractivity contribution < 1.29 is 14.3 Å². The smallest absolute Gasteiger partial charge is 0.326 e. The molecule has 170 valence electrons. The summed E-state index contributed by atoms with van der Waals surface area (Å²) in [6.07, 6.45) is 1.56. The molecule has 2 aromatic carbocycles. The molecule has 0 unspecified atom stereocenters. The molecule has 33 heavy (non-hydrogen) atoms. The second kappa shape index (κ2) is 10.4. The molecule has 0 bridgehead atoms. The lowest BCUT2D eigenvalue weighted by molar-refractivity contribution is -0.145. The van der Waals surface area contributed by atoms with E-state index in [2.05, 4.69) is 15.6 Å². The maximum Gasteiger partial charge on any atom is 0.326 e. The van der Waals surface area contributed by atoms with Crippen molar-refractivity contribution in [3.8, 4) is 11.3 Å². The Bertz CT molecular complexity index is 1160. The molecule has 0 saturated carbocycles. The van der Waals surface area contributed by atoms with Crippen molar-refractivity contribution in [1.82, 2.24) is 19.8 Å². The predicted octanol–water partition coefficient (Wildman–Crippen LogP) is 2.09. The lowest BCUT2D eigenvalue weighted by atomic mass is 10.1. The lowest BCUT2D eigenvalue weighted by Crippen LogP contribution is -2.34. The minimum absolute atomic E-state index is 0.116. The lowest BCUT2D eigenvalue weighted by Gasteiger charge is -2.16. The maximum absolute atomic E-state index is 13.2. The first-order valence-electron chi connectivity index (χ1n) is 10.7. The number of amides is 2. The summed E-state index contributed by atoms with van der Waals surface area (Å²) in [6, 6.07) is 18.5. The summed E-state index contributed by atoms with van der Waals surface area (Å²) in [7, 11) is 0. The molecule has 0 spiro atoms. The topological polar surface area (TPSA) is 106 Å². The number of benzene rings is 2. The molecule has 4 rings (SSSR count). The molecule has 1 saturated heterocycles. The Labute approximate surface area is 191 Å². The zero-order chi connectivity index (χ0) is 23.0. The van der Waals surface area contributed by atoms with Crippen molar-refractivity contribution in [1.29, 1.82) is 0 Å². The average Bonchev–Trinajstić information content (AvgIpc) is 3.26. The molecule has 0 atom stereocenters. The van der Waals surface area contributed by atoms with E-state index < -0.39 is 11.5 Å². The number of anilines is 1. The van der Waals surface area contributed by atoms with E-state index in [9.17, 15) is 14.4 Å². The number of ether oxygens (including phenoxy) is 1. The van der Waals surface area contributed by atoms with Crippen LogP contribution in [0.5, 0.6) is 0 Å². The number of urea groups is 1. The summed E-state index contributed by atoms with van der Waals surface area (Å²) >= 11 is 0. The van der Waals surface area contributed by atoms with Gasteiger partial charge in [0.2, 0.25) is 0 Å². The quantitative estimate of drug-likeness (QED) is 0.487. The standard InChI is InChI=1S/C24H25N5O4/c30-21(33-17-18-7-3-1-4-8-18)16-29-20(19-9-5-2-6-10-19)15-27-22(23(29)31)25-11-13-28-14-12-26-24(28)32/h1-10,15H,11-14,16-17H2,(H,25,27)(H,26,32). The first-order chi connectivity index (χ1) is 16.1. The molecule has 0 radical (unpaired) electrons. The van der Waals surface area contributed by atoms with Gasteiger partial charge in [0, 0.05) is 26.2 Å². The first kappa shape index (κ1) is 22.1. The molecule has 1 aromatic heterocycles. The second-order valence-electron chi connectivity index (χ2n) is 7.54. The van der Waals surface area contributed by atoms with E-state index >= 15 is 0 Å². The van der Waals surface area contributed by atoms with Crippen LogP contribution in [0.15, 0.2) is 71.7 Å². The van der Waals surface area contributed by atoms with Crippen molar-refractivity contribution in [2.75, 3.05) is 31.5 Å². The van der Waals surface area contributed by atoms with Crippen LogP contribution in [0.1, 0.15) is 5.56 Å². The van der Waals surface area contributed by atoms with Gasteiger partial charge in [-0.1, -0.05) is 60.7 Å². The van der Waals surface area contributed by atoms with E-state index in [4.69, 9.17) is 4.74 Å². The second-order valence-corrected chi connectivity index (χ2v) is 7.54. The van der Waals surface area contributed by atoms with Crippen LogP contribution in [0, 0.1) is 0 Å². The highest BCUT2D eigenvalue weighted by Crippen LogP contribution is 2.18. The molecule has 0 aliphatic carbocycles. The number of carbonyl (C=O) groups is 2. The molecular weight excluding hydrogens is 422 g/mol. The van der Waals surface area contributed by atoms with Crippen LogP contribution < -0.4 is 16.2 Å². The van der Waals surface area contributed by atoms with Gasteiger partial charge in [0.05, 0.1) is 11.9 Å². The summed E-state index contributed by atoms with van der Waals surface area (Å²) in [6.45, 7) is 1.91. The third-order valence-corrected chi connectivity index (χ3v) is 5.27. The highest BCUT2D eigenvalue weighted by Gasteiger charge is 2.19. The molecule has 1 aliphatic heterocycles. The van der Waals surface area contributed by atoms with E-state index in [0.717, 1.165) is 11.1 Å². The summed E-state index contributed by atoms with van der Waals surface area (Å²) in [5.41, 5.74) is 1.71. The Morgan fingerprint density at radius 3 is 2.48 bits per heavy atom. The van der Waals surface area contributed by atoms with Crippen molar-refractivity contribution in [2.45, 2.75) is 13.2 Å². The molecule has 2 amide bonds. The van der Waals surface area contributed by atoms with E-state index in [-0.39, 0.29) is 25.0 Å². The van der Waals surface area contributed by atoms with Gasteiger partial charge in [-0.25, -0.2) is 9.78 Å². The Balaban J connectivity index is 1.51. The third-order valence-electron chi connectivity index (χ3n) is 5.27. The van der Waals surface area contributed by atoms with Gasteiger partial charge in [0.1, 0.15) is 13.2 Å². The highest BCUT2D eigenvalue weighted by atomic mass is 16.5. The van der Waals surface area contributed by atoms with Gasteiger partial charge in [-0.15, -0.1) is 0 Å². The Hall–Kier alpha value is -4.14. The number of hydrogen-bond acceptors (Lipinski definition) is 6. The largest absolute Gasteiger partial charge is 0.459 e. The molecule has 1 fully saturated rings. The van der Waals surface area contributed by atoms with Gasteiger partial charge < -0.3 is 20.3 Å². The van der Waals surface area contributed by atoms with Crippen molar-refractivity contribution in [3.63, 3.8) is 0 Å². The fourth-order valence-electron chi connectivity index (χ4n) is 3.55. The Kier molecular flexibility index (Phi) is 6.99. The fourth-order valence-corrected chi connectivity index (χ4v) is 3.55. The summed E-state index contributed by atoms with van der Waals surface area (Å²) in [4.78, 5) is 43.4. The van der Waals surface area contributed by atoms with Gasteiger partial charge in [-0.05, 0) is 11.1 Å². The molecule has 1 aliphatic rings. The SMILES string of the molecule is O=C(Cn1c(-c2ccccc2)cnc(NCCN2CCNC2=O)c1=O)OCc1ccccc1. The molecule has 2 heterocycles. The summed E-state index contributed by atoms with van der Waals surface area (Å²) in [5, 5.41) is 5.73. The van der Waals surface area contributed by atoms with Gasteiger partial charge in [-0.3, -0.25) is 14.2 Å². The summed E-state index contributed by atoms with van der Waals surface area (Å²) in [5.74, 6) is -0.408. The number of nitrogens with one attached hydrogen (secondary N) is 2. The molecular formula is C24H25N5O4. The Morgan fingerprint density at radius 1 is 1.06 bits per heavy atom. The monoisotopic (exact) mass is 447 g/mol. The van der Waals surface area contributed by atoms with Crippen LogP contribution in [-0.4, -0.2) is 52.6 Å². The number of rotatable bonds is 9. The number of hydrogen-bond donors (Lipinski definition) is 2. The average molecular weight is 447 g/mol. The number of aromatic nitrogens is 2. The van der Waals surface area contributed by atoms with E-state index in [1.165, 1.54) is 4.57 Å². The van der Waals surface area contributed by atoms with Gasteiger partial charge in [-0.2, -0.15) is 0 Å². The van der Waals surface area contributed by atoms with Crippen LogP contribution in [0.25, 0.3) is 11.3 Å². The van der Waals surface area contributed by atoms with E-state index in [0.29, 0.717) is 31.9 Å². The normalized spacial score (nSPS) is 13.0. The number of nitrogens with zero attached hydrogens (tertiary/aromatic N) is 3. The van der Waals surface area contributed by atoms with E-state index in [1.807, 2.05) is 60.7 Å². The molecule has 2 N–H and O–H groups in total. The van der Waals surface area contributed by atoms with E-state index in [1.54, 1.807) is 11.1 Å². The maximum atomic E-state index is 13.2. The van der Waals surface area contributed by atoms with Crippen molar-refractivity contribution in [3.05, 3.63) is 82.8 Å². The third kappa shape index (κ3) is 5.57. The molecule has 3 aromatic rings. The fraction of sp³-hybridized carbons (Fsp3) is 0.250. The van der Waals surface area contributed by atoms with Gasteiger partial charge in [0.15, 0.2) is 5.82 Å². The van der Waals surface area contributed by atoms with Crippen LogP contribution in [0.2, 0.25) is 0 Å². The minimum atomic E-state index is -0.524. The van der Waals surface area contributed by atoms with Gasteiger partial charge in [0.25, 0.3) is 5.56 Å². The number of esters is 1. The van der Waals surface area contributed by atoms with Crippen LogP contribution >= 0.6 is 0 Å². The Morgan fingerprint density at radius 2 is 1.79 bits per heavy atom. The van der Waals surface area contributed by atoms with Crippen LogP contribution in [-0.2, 0) is 22.7 Å². The predicted molar refractivity (Wildman–Crippen MR) is 124 cm³/mol.